The molecular formula is C15H18N4OS. The number of rotatable bonds is 3. The number of primary amides is 1. The van der Waals surface area contributed by atoms with Crippen LogP contribution in [0.4, 0.5) is 5.95 Å². The van der Waals surface area contributed by atoms with Crippen molar-refractivity contribution in [2.75, 3.05) is 18.0 Å². The van der Waals surface area contributed by atoms with Gasteiger partial charge in [0.15, 0.2) is 0 Å². The maximum Gasteiger partial charge on any atom is 0.267 e. The number of aromatic nitrogens is 2. The Morgan fingerprint density at radius 3 is 2.62 bits per heavy atom. The van der Waals surface area contributed by atoms with Crippen LogP contribution in [0, 0.1) is 6.92 Å². The van der Waals surface area contributed by atoms with Crippen LogP contribution in [0.3, 0.4) is 0 Å². The normalized spacial score (nSPS) is 15.2. The topological polar surface area (TPSA) is 72.1 Å². The van der Waals surface area contributed by atoms with E-state index < -0.39 is 5.91 Å². The molecule has 1 fully saturated rings. The van der Waals surface area contributed by atoms with Gasteiger partial charge in [0.25, 0.3) is 5.91 Å². The van der Waals surface area contributed by atoms with E-state index in [1.165, 1.54) is 12.0 Å². The van der Waals surface area contributed by atoms with Gasteiger partial charge in [-0.05, 0) is 49.3 Å². The molecule has 0 atom stereocenters. The van der Waals surface area contributed by atoms with Gasteiger partial charge in [-0.3, -0.25) is 4.79 Å². The molecule has 0 unspecified atom stereocenters. The molecule has 6 heteroatoms. The summed E-state index contributed by atoms with van der Waals surface area (Å²) in [6.07, 6.45) is 3.51. The first-order valence-corrected chi connectivity index (χ1v) is 8.01. The average Bonchev–Trinajstić information content (AvgIpc) is 2.94. The number of thiophene rings is 1. The van der Waals surface area contributed by atoms with Gasteiger partial charge in [0, 0.05) is 13.1 Å². The number of piperidine rings is 1. The zero-order chi connectivity index (χ0) is 14.8. The molecule has 0 radical (unpaired) electrons. The number of carbonyl (C=O) groups excluding carboxylic acids is 1. The van der Waals surface area contributed by atoms with Gasteiger partial charge in [0.05, 0.1) is 10.6 Å². The third kappa shape index (κ3) is 3.05. The van der Waals surface area contributed by atoms with Crippen LogP contribution in [0.15, 0.2) is 17.5 Å². The van der Waals surface area contributed by atoms with Crippen LogP contribution in [-0.4, -0.2) is 29.0 Å². The maximum atomic E-state index is 11.5. The van der Waals surface area contributed by atoms with E-state index in [9.17, 15) is 4.79 Å². The van der Waals surface area contributed by atoms with E-state index in [-0.39, 0.29) is 5.69 Å². The molecule has 0 aromatic carbocycles. The predicted octanol–water partition coefficient (Wildman–Crippen LogP) is 2.60. The molecule has 0 aliphatic carbocycles. The fourth-order valence-corrected chi connectivity index (χ4v) is 3.35. The van der Waals surface area contributed by atoms with Gasteiger partial charge in [0.1, 0.15) is 5.69 Å². The zero-order valence-corrected chi connectivity index (χ0v) is 12.8. The standard InChI is InChI=1S/C15H18N4OS/c1-10-7-13(21-9-10)11-8-12(14(16)20)18-15(17-11)19-5-3-2-4-6-19/h7-9H,2-6H2,1H3,(H2,16,20). The molecule has 1 saturated heterocycles. The quantitative estimate of drug-likeness (QED) is 0.946. The lowest BCUT2D eigenvalue weighted by molar-refractivity contribution is 0.0995. The summed E-state index contributed by atoms with van der Waals surface area (Å²) >= 11 is 1.62. The van der Waals surface area contributed by atoms with Crippen LogP contribution in [0.1, 0.15) is 35.3 Å². The van der Waals surface area contributed by atoms with E-state index in [0.717, 1.165) is 36.5 Å². The van der Waals surface area contributed by atoms with Crippen molar-refractivity contribution in [1.82, 2.24) is 9.97 Å². The summed E-state index contributed by atoms with van der Waals surface area (Å²) in [5.74, 6) is 0.109. The van der Waals surface area contributed by atoms with Gasteiger partial charge >= 0.3 is 0 Å². The molecular weight excluding hydrogens is 284 g/mol. The molecule has 1 aliphatic rings. The van der Waals surface area contributed by atoms with Crippen molar-refractivity contribution >= 4 is 23.2 Å². The molecule has 21 heavy (non-hydrogen) atoms. The Morgan fingerprint density at radius 1 is 1.24 bits per heavy atom. The van der Waals surface area contributed by atoms with Crippen LogP contribution >= 0.6 is 11.3 Å². The van der Waals surface area contributed by atoms with Crippen molar-refractivity contribution in [1.29, 1.82) is 0 Å². The van der Waals surface area contributed by atoms with E-state index in [4.69, 9.17) is 5.73 Å². The van der Waals surface area contributed by atoms with Crippen LogP contribution in [-0.2, 0) is 0 Å². The summed E-state index contributed by atoms with van der Waals surface area (Å²) in [6, 6.07) is 3.75. The summed E-state index contributed by atoms with van der Waals surface area (Å²) in [5.41, 5.74) is 7.67. The van der Waals surface area contributed by atoms with E-state index in [0.29, 0.717) is 5.95 Å². The van der Waals surface area contributed by atoms with Crippen molar-refractivity contribution in [3.05, 3.63) is 28.8 Å². The Labute approximate surface area is 127 Å². The monoisotopic (exact) mass is 302 g/mol. The minimum Gasteiger partial charge on any atom is -0.364 e. The number of anilines is 1. The highest BCUT2D eigenvalue weighted by molar-refractivity contribution is 7.13. The Kier molecular flexibility index (Phi) is 3.88. The summed E-state index contributed by atoms with van der Waals surface area (Å²) in [5, 5.41) is 2.07. The van der Waals surface area contributed by atoms with E-state index in [2.05, 4.69) is 26.3 Å². The molecule has 110 valence electrons. The van der Waals surface area contributed by atoms with Crippen LogP contribution < -0.4 is 10.6 Å². The first kappa shape index (κ1) is 14.0. The van der Waals surface area contributed by atoms with Gasteiger partial charge in [-0.2, -0.15) is 0 Å². The second-order valence-electron chi connectivity index (χ2n) is 5.34. The summed E-state index contributed by atoms with van der Waals surface area (Å²) in [6.45, 7) is 3.91. The molecule has 0 bridgehead atoms. The average molecular weight is 302 g/mol. The number of amides is 1. The molecule has 5 nitrogen and oxygen atoms in total. The molecule has 2 aromatic heterocycles. The van der Waals surface area contributed by atoms with Gasteiger partial charge in [-0.1, -0.05) is 0 Å². The molecule has 2 aromatic rings. The second kappa shape index (κ2) is 5.81. The molecule has 0 saturated carbocycles. The molecule has 2 N–H and O–H groups in total. The van der Waals surface area contributed by atoms with Crippen molar-refractivity contribution < 1.29 is 4.79 Å². The first-order chi connectivity index (χ1) is 10.1. The van der Waals surface area contributed by atoms with Gasteiger partial charge in [0.2, 0.25) is 5.95 Å². The van der Waals surface area contributed by atoms with Gasteiger partial charge in [-0.15, -0.1) is 11.3 Å². The highest BCUT2D eigenvalue weighted by Crippen LogP contribution is 2.28. The smallest absolute Gasteiger partial charge is 0.267 e. The number of hydrogen-bond donors (Lipinski definition) is 1. The fourth-order valence-electron chi connectivity index (χ4n) is 2.49. The SMILES string of the molecule is Cc1csc(-c2cc(C(N)=O)nc(N3CCCCC3)n2)c1. The maximum absolute atomic E-state index is 11.5. The Balaban J connectivity index is 2.03. The number of aryl methyl sites for hydroxylation is 1. The summed E-state index contributed by atoms with van der Waals surface area (Å²) in [4.78, 5) is 23.7. The van der Waals surface area contributed by atoms with Crippen LogP contribution in [0.5, 0.6) is 0 Å². The Hall–Kier alpha value is -1.95. The lowest BCUT2D eigenvalue weighted by atomic mass is 10.1. The third-order valence-corrected chi connectivity index (χ3v) is 4.66. The number of nitrogens with two attached hydrogens (primary N) is 1. The fraction of sp³-hybridized carbons (Fsp3) is 0.400. The second-order valence-corrected chi connectivity index (χ2v) is 6.25. The minimum atomic E-state index is -0.509. The van der Waals surface area contributed by atoms with E-state index in [1.807, 2.05) is 6.92 Å². The number of carbonyl (C=O) groups is 1. The number of nitrogens with zero attached hydrogens (tertiary/aromatic N) is 3. The zero-order valence-electron chi connectivity index (χ0n) is 12.0. The highest BCUT2D eigenvalue weighted by atomic mass is 32.1. The third-order valence-electron chi connectivity index (χ3n) is 3.59. The largest absolute Gasteiger partial charge is 0.364 e. The van der Waals surface area contributed by atoms with Crippen molar-refractivity contribution in [2.45, 2.75) is 26.2 Å². The van der Waals surface area contributed by atoms with Gasteiger partial charge < -0.3 is 10.6 Å². The first-order valence-electron chi connectivity index (χ1n) is 7.13. The van der Waals surface area contributed by atoms with Crippen molar-refractivity contribution in [3.8, 4) is 10.6 Å². The Bertz CT molecular complexity index is 661. The molecule has 0 spiro atoms. The minimum absolute atomic E-state index is 0.284. The number of hydrogen-bond acceptors (Lipinski definition) is 5. The van der Waals surface area contributed by atoms with Gasteiger partial charge in [-0.25, -0.2) is 9.97 Å². The van der Waals surface area contributed by atoms with E-state index in [1.54, 1.807) is 17.4 Å². The van der Waals surface area contributed by atoms with Crippen molar-refractivity contribution in [3.63, 3.8) is 0 Å². The lowest BCUT2D eigenvalue weighted by Crippen LogP contribution is -2.31. The molecule has 1 amide bonds. The van der Waals surface area contributed by atoms with Crippen LogP contribution in [0.2, 0.25) is 0 Å². The van der Waals surface area contributed by atoms with E-state index >= 15 is 0 Å². The van der Waals surface area contributed by atoms with Crippen LogP contribution in [0.25, 0.3) is 10.6 Å². The summed E-state index contributed by atoms with van der Waals surface area (Å²) in [7, 11) is 0. The highest BCUT2D eigenvalue weighted by Gasteiger charge is 2.18. The Morgan fingerprint density at radius 2 is 2.00 bits per heavy atom. The predicted molar refractivity (Wildman–Crippen MR) is 84.7 cm³/mol. The summed E-state index contributed by atoms with van der Waals surface area (Å²) < 4.78 is 0. The van der Waals surface area contributed by atoms with Crippen molar-refractivity contribution in [2.24, 2.45) is 5.73 Å². The lowest BCUT2D eigenvalue weighted by Gasteiger charge is -2.27. The molecule has 3 rings (SSSR count). The molecule has 1 aliphatic heterocycles. The molecule has 3 heterocycles.